The van der Waals surface area contributed by atoms with Gasteiger partial charge in [0.2, 0.25) is 10.0 Å². The maximum atomic E-state index is 13.2. The molecule has 1 heterocycles. The normalized spacial score (nSPS) is 22.4. The summed E-state index contributed by atoms with van der Waals surface area (Å²) >= 11 is 0. The van der Waals surface area contributed by atoms with Crippen molar-refractivity contribution >= 4 is 10.0 Å². The molecule has 1 aliphatic heterocycles. The highest BCUT2D eigenvalue weighted by atomic mass is 32.2. The lowest BCUT2D eigenvalue weighted by molar-refractivity contribution is 0.270. The maximum absolute atomic E-state index is 13.2. The molecule has 1 fully saturated rings. The topological polar surface area (TPSA) is 37.4 Å². The highest BCUT2D eigenvalue weighted by molar-refractivity contribution is 7.89. The van der Waals surface area contributed by atoms with Gasteiger partial charge < -0.3 is 0 Å². The van der Waals surface area contributed by atoms with Crippen LogP contribution in [0, 0.1) is 12.7 Å². The first-order valence-corrected chi connectivity index (χ1v) is 9.14. The Morgan fingerprint density at radius 1 is 1.04 bits per heavy atom. The molecule has 1 aliphatic rings. The number of benzene rings is 2. The summed E-state index contributed by atoms with van der Waals surface area (Å²) in [4.78, 5) is 0.304. The molecule has 0 saturated carbocycles. The van der Waals surface area contributed by atoms with E-state index in [0.29, 0.717) is 11.4 Å². The van der Waals surface area contributed by atoms with Crippen molar-refractivity contribution < 1.29 is 12.8 Å². The number of aryl methyl sites for hydroxylation is 1. The van der Waals surface area contributed by atoms with Crippen LogP contribution in [0.5, 0.6) is 0 Å². The molecule has 0 radical (unpaired) electrons. The molecule has 5 heteroatoms. The van der Waals surface area contributed by atoms with Gasteiger partial charge in [-0.1, -0.05) is 29.8 Å². The van der Waals surface area contributed by atoms with Gasteiger partial charge in [0.15, 0.2) is 0 Å². The molecule has 0 amide bonds. The van der Waals surface area contributed by atoms with Gasteiger partial charge in [-0.25, -0.2) is 12.8 Å². The van der Waals surface area contributed by atoms with E-state index in [-0.39, 0.29) is 5.82 Å². The Morgan fingerprint density at radius 2 is 1.65 bits per heavy atom. The van der Waals surface area contributed by atoms with Gasteiger partial charge in [-0.3, -0.25) is 0 Å². The standard InChI is InChI=1S/C18H20FNO2S/c1-14-4-10-17(11-5-14)23(21,22)20-13-3-12-18(20,2)15-6-8-16(19)9-7-15/h4-11H,3,12-13H2,1-2H3. The Balaban J connectivity index is 2.03. The molecule has 2 aromatic rings. The third-order valence-electron chi connectivity index (χ3n) is 4.65. The van der Waals surface area contributed by atoms with E-state index in [2.05, 4.69) is 0 Å². The van der Waals surface area contributed by atoms with Crippen LogP contribution in [0.25, 0.3) is 0 Å². The summed E-state index contributed by atoms with van der Waals surface area (Å²) < 4.78 is 40.9. The molecule has 0 spiro atoms. The summed E-state index contributed by atoms with van der Waals surface area (Å²) in [5, 5.41) is 0. The number of hydrogen-bond donors (Lipinski definition) is 0. The predicted octanol–water partition coefficient (Wildman–Crippen LogP) is 3.83. The van der Waals surface area contributed by atoms with Gasteiger partial charge >= 0.3 is 0 Å². The van der Waals surface area contributed by atoms with Crippen molar-refractivity contribution in [1.29, 1.82) is 0 Å². The number of hydrogen-bond acceptors (Lipinski definition) is 2. The molecular weight excluding hydrogens is 313 g/mol. The molecule has 0 bridgehead atoms. The van der Waals surface area contributed by atoms with Crippen LogP contribution in [0.2, 0.25) is 0 Å². The minimum absolute atomic E-state index is 0.304. The van der Waals surface area contributed by atoms with E-state index in [1.165, 1.54) is 12.1 Å². The molecule has 1 unspecified atom stereocenters. The van der Waals surface area contributed by atoms with E-state index in [0.717, 1.165) is 24.0 Å². The molecule has 0 aromatic heterocycles. The molecular formula is C18H20FNO2S. The zero-order valence-electron chi connectivity index (χ0n) is 13.3. The number of sulfonamides is 1. The summed E-state index contributed by atoms with van der Waals surface area (Å²) in [7, 11) is -3.58. The van der Waals surface area contributed by atoms with Crippen LogP contribution < -0.4 is 0 Å². The highest BCUT2D eigenvalue weighted by Gasteiger charge is 2.45. The van der Waals surface area contributed by atoms with Crippen LogP contribution in [-0.2, 0) is 15.6 Å². The zero-order valence-corrected chi connectivity index (χ0v) is 14.1. The Morgan fingerprint density at radius 3 is 2.26 bits per heavy atom. The molecule has 1 atom stereocenters. The second-order valence-electron chi connectivity index (χ2n) is 6.27. The van der Waals surface area contributed by atoms with Gasteiger partial charge in [-0.05, 0) is 56.5 Å². The van der Waals surface area contributed by atoms with Crippen molar-refractivity contribution in [2.45, 2.75) is 37.1 Å². The van der Waals surface area contributed by atoms with Gasteiger partial charge in [0.25, 0.3) is 0 Å². The van der Waals surface area contributed by atoms with E-state index >= 15 is 0 Å². The van der Waals surface area contributed by atoms with Gasteiger partial charge in [0, 0.05) is 6.54 Å². The average Bonchev–Trinajstić information content (AvgIpc) is 2.92. The first kappa shape index (κ1) is 16.1. The average molecular weight is 333 g/mol. The number of nitrogens with zero attached hydrogens (tertiary/aromatic N) is 1. The van der Waals surface area contributed by atoms with Crippen LogP contribution in [0.3, 0.4) is 0 Å². The van der Waals surface area contributed by atoms with E-state index < -0.39 is 15.6 Å². The summed E-state index contributed by atoms with van der Waals surface area (Å²) in [6, 6.07) is 13.0. The SMILES string of the molecule is Cc1ccc(S(=O)(=O)N2CCCC2(C)c2ccc(F)cc2)cc1. The molecule has 2 aromatic carbocycles. The lowest BCUT2D eigenvalue weighted by Gasteiger charge is -2.35. The lowest BCUT2D eigenvalue weighted by Crippen LogP contribution is -2.42. The van der Waals surface area contributed by atoms with Crippen molar-refractivity contribution in [3.05, 3.63) is 65.5 Å². The highest BCUT2D eigenvalue weighted by Crippen LogP contribution is 2.42. The Kier molecular flexibility index (Phi) is 4.02. The number of rotatable bonds is 3. The largest absolute Gasteiger partial charge is 0.243 e. The summed E-state index contributed by atoms with van der Waals surface area (Å²) in [6.07, 6.45) is 1.52. The van der Waals surface area contributed by atoms with Crippen molar-refractivity contribution in [3.63, 3.8) is 0 Å². The minimum atomic E-state index is -3.58. The minimum Gasteiger partial charge on any atom is -0.207 e. The van der Waals surface area contributed by atoms with Gasteiger partial charge in [-0.15, -0.1) is 0 Å². The smallest absolute Gasteiger partial charge is 0.207 e. The van der Waals surface area contributed by atoms with Crippen LogP contribution in [-0.4, -0.2) is 19.3 Å². The second-order valence-corrected chi connectivity index (χ2v) is 8.14. The first-order chi connectivity index (χ1) is 10.8. The maximum Gasteiger partial charge on any atom is 0.243 e. The first-order valence-electron chi connectivity index (χ1n) is 7.70. The number of halogens is 1. The van der Waals surface area contributed by atoms with Crippen LogP contribution in [0.1, 0.15) is 30.9 Å². The molecule has 23 heavy (non-hydrogen) atoms. The van der Waals surface area contributed by atoms with E-state index in [1.54, 1.807) is 40.7 Å². The fraction of sp³-hybridized carbons (Fsp3) is 0.333. The monoisotopic (exact) mass is 333 g/mol. The lowest BCUT2D eigenvalue weighted by atomic mass is 9.91. The van der Waals surface area contributed by atoms with Gasteiger partial charge in [-0.2, -0.15) is 4.31 Å². The fourth-order valence-corrected chi connectivity index (χ4v) is 5.09. The Labute approximate surface area is 136 Å². The third-order valence-corrected chi connectivity index (χ3v) is 6.68. The zero-order chi connectivity index (χ0) is 16.7. The van der Waals surface area contributed by atoms with Crippen LogP contribution in [0.4, 0.5) is 4.39 Å². The quantitative estimate of drug-likeness (QED) is 0.856. The summed E-state index contributed by atoms with van der Waals surface area (Å²) in [5.41, 5.74) is 1.20. The molecule has 1 saturated heterocycles. The Bertz CT molecular complexity index is 800. The second kappa shape index (κ2) is 5.73. The van der Waals surface area contributed by atoms with Crippen molar-refractivity contribution in [2.24, 2.45) is 0 Å². The van der Waals surface area contributed by atoms with E-state index in [1.807, 2.05) is 13.8 Å². The van der Waals surface area contributed by atoms with Crippen molar-refractivity contribution in [1.82, 2.24) is 4.31 Å². The van der Waals surface area contributed by atoms with Gasteiger partial charge in [0.05, 0.1) is 10.4 Å². The molecule has 0 N–H and O–H groups in total. The molecule has 3 rings (SSSR count). The Hall–Kier alpha value is -1.72. The van der Waals surface area contributed by atoms with Gasteiger partial charge in [0.1, 0.15) is 5.82 Å². The van der Waals surface area contributed by atoms with Crippen molar-refractivity contribution in [3.8, 4) is 0 Å². The molecule has 0 aliphatic carbocycles. The van der Waals surface area contributed by atoms with Crippen LogP contribution >= 0.6 is 0 Å². The fourth-order valence-electron chi connectivity index (χ4n) is 3.26. The van der Waals surface area contributed by atoms with E-state index in [4.69, 9.17) is 0 Å². The third kappa shape index (κ3) is 2.79. The predicted molar refractivity (Wildman–Crippen MR) is 88.1 cm³/mol. The summed E-state index contributed by atoms with van der Waals surface area (Å²) in [5.74, 6) is -0.316. The molecule has 3 nitrogen and oxygen atoms in total. The van der Waals surface area contributed by atoms with Crippen molar-refractivity contribution in [2.75, 3.05) is 6.54 Å². The van der Waals surface area contributed by atoms with E-state index in [9.17, 15) is 12.8 Å². The van der Waals surface area contributed by atoms with Crippen LogP contribution in [0.15, 0.2) is 53.4 Å². The summed E-state index contributed by atoms with van der Waals surface area (Å²) in [6.45, 7) is 4.32. The molecule has 122 valence electrons.